The quantitative estimate of drug-likeness (QED) is 0.454. The molecule has 1 atom stereocenters. The summed E-state index contributed by atoms with van der Waals surface area (Å²) in [4.78, 5) is 41.7. The SMILES string of the molecule is C[C@@H](c1ccccc1)N(C)C(=O)CNC(=O)Nc1ccc(/C(N)=N/C(=O)OC(C)(C)C)cc1. The Morgan fingerprint density at radius 2 is 1.67 bits per heavy atom. The maximum atomic E-state index is 12.4. The second-order valence-electron chi connectivity index (χ2n) is 8.45. The minimum absolute atomic E-state index is 0.00132. The van der Waals surface area contributed by atoms with E-state index >= 15 is 0 Å². The fourth-order valence-electron chi connectivity index (χ4n) is 2.80. The van der Waals surface area contributed by atoms with Crippen molar-refractivity contribution in [2.45, 2.75) is 39.3 Å². The van der Waals surface area contributed by atoms with Gasteiger partial charge >= 0.3 is 12.1 Å². The second kappa shape index (κ2) is 11.1. The number of benzene rings is 2. The highest BCUT2D eigenvalue weighted by atomic mass is 16.6. The van der Waals surface area contributed by atoms with Gasteiger partial charge in [0.2, 0.25) is 5.91 Å². The molecule has 4 N–H and O–H groups in total. The first-order valence-corrected chi connectivity index (χ1v) is 10.5. The molecular formula is C24H31N5O4. The van der Waals surface area contributed by atoms with Gasteiger partial charge in [0.25, 0.3) is 0 Å². The first-order valence-electron chi connectivity index (χ1n) is 10.5. The van der Waals surface area contributed by atoms with Crippen molar-refractivity contribution in [3.63, 3.8) is 0 Å². The standard InChI is InChI=1S/C24H31N5O4/c1-16(17-9-7-6-8-10-17)29(5)20(30)15-26-22(31)27-19-13-11-18(12-14-19)21(25)28-23(32)33-24(2,3)4/h6-14,16H,15H2,1-5H3,(H2,25,28,32)(H2,26,27,31)/t16-/m0/s1. The summed E-state index contributed by atoms with van der Waals surface area (Å²) in [6.07, 6.45) is -0.780. The molecule has 0 spiro atoms. The third-order valence-corrected chi connectivity index (χ3v) is 4.70. The summed E-state index contributed by atoms with van der Waals surface area (Å²) < 4.78 is 5.11. The number of urea groups is 1. The Morgan fingerprint density at radius 1 is 1.06 bits per heavy atom. The maximum absolute atomic E-state index is 12.4. The van der Waals surface area contributed by atoms with Crippen molar-refractivity contribution in [3.05, 3.63) is 65.7 Å². The number of amides is 4. The average Bonchev–Trinajstić information content (AvgIpc) is 2.76. The Morgan fingerprint density at radius 3 is 2.24 bits per heavy atom. The summed E-state index contributed by atoms with van der Waals surface area (Å²) >= 11 is 0. The zero-order valence-corrected chi connectivity index (χ0v) is 19.6. The molecule has 0 fully saturated rings. The number of hydrogen-bond acceptors (Lipinski definition) is 4. The van der Waals surface area contributed by atoms with Crippen LogP contribution in [0.2, 0.25) is 0 Å². The fraction of sp³-hybridized carbons (Fsp3) is 0.333. The van der Waals surface area contributed by atoms with Crippen LogP contribution in [-0.2, 0) is 9.53 Å². The van der Waals surface area contributed by atoms with E-state index in [9.17, 15) is 14.4 Å². The molecule has 0 unspecified atom stereocenters. The topological polar surface area (TPSA) is 126 Å². The first-order chi connectivity index (χ1) is 15.5. The van der Waals surface area contributed by atoms with Crippen LogP contribution in [0.15, 0.2) is 59.6 Å². The third kappa shape index (κ3) is 8.29. The minimum atomic E-state index is -0.780. The molecule has 0 aromatic heterocycles. The molecule has 9 nitrogen and oxygen atoms in total. The summed E-state index contributed by atoms with van der Waals surface area (Å²) in [5.41, 5.74) is 7.17. The lowest BCUT2D eigenvalue weighted by molar-refractivity contribution is -0.130. The van der Waals surface area contributed by atoms with E-state index in [2.05, 4.69) is 15.6 Å². The molecule has 0 bridgehead atoms. The lowest BCUT2D eigenvalue weighted by Gasteiger charge is -2.25. The second-order valence-corrected chi connectivity index (χ2v) is 8.45. The van der Waals surface area contributed by atoms with Crippen molar-refractivity contribution in [3.8, 4) is 0 Å². The van der Waals surface area contributed by atoms with Crippen LogP contribution in [0.25, 0.3) is 0 Å². The molecule has 9 heteroatoms. The Balaban J connectivity index is 1.86. The van der Waals surface area contributed by atoms with Crippen LogP contribution in [0.1, 0.15) is 44.9 Å². The van der Waals surface area contributed by atoms with Crippen LogP contribution in [0, 0.1) is 0 Å². The number of carbonyl (C=O) groups excluding carboxylic acids is 3. The van der Waals surface area contributed by atoms with Crippen LogP contribution in [0.3, 0.4) is 0 Å². The molecule has 0 aliphatic carbocycles. The van der Waals surface area contributed by atoms with E-state index in [1.165, 1.54) is 0 Å². The van der Waals surface area contributed by atoms with Gasteiger partial charge in [0.1, 0.15) is 11.4 Å². The highest BCUT2D eigenvalue weighted by Gasteiger charge is 2.18. The zero-order chi connectivity index (χ0) is 24.6. The fourth-order valence-corrected chi connectivity index (χ4v) is 2.80. The number of hydrogen-bond donors (Lipinski definition) is 3. The Hall–Kier alpha value is -3.88. The van der Waals surface area contributed by atoms with E-state index in [-0.39, 0.29) is 24.3 Å². The Labute approximate surface area is 194 Å². The molecule has 0 saturated carbocycles. The summed E-state index contributed by atoms with van der Waals surface area (Å²) in [7, 11) is 1.70. The normalized spacial score (nSPS) is 12.5. The molecule has 0 saturated heterocycles. The number of nitrogens with two attached hydrogens (primary N) is 1. The molecule has 2 aromatic carbocycles. The molecule has 0 radical (unpaired) electrons. The number of anilines is 1. The Bertz CT molecular complexity index is 998. The number of carbonyl (C=O) groups is 3. The molecule has 2 rings (SSSR count). The molecule has 0 aliphatic rings. The van der Waals surface area contributed by atoms with Crippen molar-refractivity contribution >= 4 is 29.6 Å². The first kappa shape index (κ1) is 25.4. The molecule has 176 valence electrons. The molecule has 33 heavy (non-hydrogen) atoms. The highest BCUT2D eigenvalue weighted by Crippen LogP contribution is 2.18. The number of ether oxygens (including phenoxy) is 1. The summed E-state index contributed by atoms with van der Waals surface area (Å²) in [6, 6.07) is 15.4. The van der Waals surface area contributed by atoms with Gasteiger partial charge in [-0.3, -0.25) is 4.79 Å². The molecule has 2 aromatic rings. The van der Waals surface area contributed by atoms with Gasteiger partial charge in [-0.25, -0.2) is 9.59 Å². The molecule has 0 heterocycles. The van der Waals surface area contributed by atoms with Gasteiger partial charge in [-0.2, -0.15) is 4.99 Å². The van der Waals surface area contributed by atoms with Crippen molar-refractivity contribution in [2.75, 3.05) is 18.9 Å². The Kier molecular flexibility index (Phi) is 8.56. The van der Waals surface area contributed by atoms with Gasteiger partial charge in [0.05, 0.1) is 12.6 Å². The largest absolute Gasteiger partial charge is 0.442 e. The van der Waals surface area contributed by atoms with Gasteiger partial charge < -0.3 is 26.0 Å². The van der Waals surface area contributed by atoms with E-state index in [1.807, 2.05) is 37.3 Å². The summed E-state index contributed by atoms with van der Waals surface area (Å²) in [5, 5.41) is 5.19. The van der Waals surface area contributed by atoms with Gasteiger partial charge in [-0.1, -0.05) is 30.3 Å². The van der Waals surface area contributed by atoms with Crippen LogP contribution < -0.4 is 16.4 Å². The van der Waals surface area contributed by atoms with E-state index in [0.717, 1.165) is 5.56 Å². The third-order valence-electron chi connectivity index (χ3n) is 4.70. The van der Waals surface area contributed by atoms with E-state index in [1.54, 1.807) is 57.0 Å². The van der Waals surface area contributed by atoms with Gasteiger partial charge in [0.15, 0.2) is 0 Å². The van der Waals surface area contributed by atoms with Crippen molar-refractivity contribution in [2.24, 2.45) is 10.7 Å². The van der Waals surface area contributed by atoms with Crippen molar-refractivity contribution in [1.29, 1.82) is 0 Å². The average molecular weight is 454 g/mol. The number of aliphatic imine (C=N–C) groups is 1. The van der Waals surface area contributed by atoms with Crippen molar-refractivity contribution < 1.29 is 19.1 Å². The number of likely N-dealkylation sites (N-methyl/N-ethyl adjacent to an activating group) is 1. The van der Waals surface area contributed by atoms with Crippen LogP contribution >= 0.6 is 0 Å². The number of rotatable bonds is 6. The molecule has 0 aliphatic heterocycles. The van der Waals surface area contributed by atoms with E-state index in [4.69, 9.17) is 10.5 Å². The van der Waals surface area contributed by atoms with Gasteiger partial charge in [-0.05, 0) is 57.5 Å². The number of nitrogens with one attached hydrogen (secondary N) is 2. The van der Waals surface area contributed by atoms with Crippen molar-refractivity contribution in [1.82, 2.24) is 10.2 Å². The van der Waals surface area contributed by atoms with Gasteiger partial charge in [0, 0.05) is 18.3 Å². The molecular weight excluding hydrogens is 422 g/mol. The van der Waals surface area contributed by atoms with E-state index in [0.29, 0.717) is 11.3 Å². The number of amidine groups is 1. The zero-order valence-electron chi connectivity index (χ0n) is 19.6. The van der Waals surface area contributed by atoms with Crippen LogP contribution in [0.4, 0.5) is 15.3 Å². The summed E-state index contributed by atoms with van der Waals surface area (Å²) in [5.74, 6) is -0.218. The lowest BCUT2D eigenvalue weighted by atomic mass is 10.1. The minimum Gasteiger partial charge on any atom is -0.442 e. The maximum Gasteiger partial charge on any atom is 0.436 e. The smallest absolute Gasteiger partial charge is 0.436 e. The van der Waals surface area contributed by atoms with E-state index < -0.39 is 17.7 Å². The predicted octanol–water partition coefficient (Wildman–Crippen LogP) is 3.67. The lowest BCUT2D eigenvalue weighted by Crippen LogP contribution is -2.40. The highest BCUT2D eigenvalue weighted by molar-refractivity contribution is 6.03. The summed E-state index contributed by atoms with van der Waals surface area (Å²) in [6.45, 7) is 6.98. The van der Waals surface area contributed by atoms with Crippen LogP contribution in [-0.4, -0.2) is 48.0 Å². The monoisotopic (exact) mass is 453 g/mol. The van der Waals surface area contributed by atoms with Gasteiger partial charge in [-0.15, -0.1) is 0 Å². The predicted molar refractivity (Wildman–Crippen MR) is 128 cm³/mol. The molecule has 4 amide bonds. The number of nitrogens with zero attached hydrogens (tertiary/aromatic N) is 2. The van der Waals surface area contributed by atoms with Crippen LogP contribution in [0.5, 0.6) is 0 Å².